The van der Waals surface area contributed by atoms with E-state index in [0.717, 1.165) is 25.7 Å². The van der Waals surface area contributed by atoms with Gasteiger partial charge in [0.15, 0.2) is 0 Å². The zero-order valence-corrected chi connectivity index (χ0v) is 16.6. The van der Waals surface area contributed by atoms with Crippen molar-refractivity contribution < 1.29 is 27.5 Å². The summed E-state index contributed by atoms with van der Waals surface area (Å²) in [5.74, 6) is -0.296. The van der Waals surface area contributed by atoms with Gasteiger partial charge in [-0.15, -0.1) is 0 Å². The number of unbranched alkanes of at least 4 members (excludes halogenated alkanes) is 3. The molecule has 9 heteroatoms. The second-order valence-corrected chi connectivity index (χ2v) is 7.58. The Morgan fingerprint density at radius 1 is 0.963 bits per heavy atom. The van der Waals surface area contributed by atoms with Gasteiger partial charge in [0.2, 0.25) is 0 Å². The fourth-order valence-corrected chi connectivity index (χ4v) is 3.00. The lowest BCUT2D eigenvalue weighted by atomic mass is 10.3. The number of carbonyl (C=O) groups is 2. The first kappa shape index (κ1) is 22.8. The molecule has 1 aromatic rings. The topological polar surface area (TPSA) is 111 Å². The first-order valence-corrected chi connectivity index (χ1v) is 10.6. The van der Waals surface area contributed by atoms with Gasteiger partial charge in [-0.05, 0) is 37.1 Å². The van der Waals surface area contributed by atoms with E-state index in [-0.39, 0.29) is 11.5 Å². The third kappa shape index (κ3) is 9.28. The molecule has 0 spiro atoms. The lowest BCUT2D eigenvalue weighted by Crippen LogP contribution is -2.40. The molecule has 0 unspecified atom stereocenters. The number of alkyl carbamates (subject to hydrolysis) is 1. The third-order valence-electron chi connectivity index (χ3n) is 3.52. The second-order valence-electron chi connectivity index (χ2n) is 5.90. The molecule has 0 saturated carbocycles. The summed E-state index contributed by atoms with van der Waals surface area (Å²) in [5, 5.41) is 2.20. The maximum Gasteiger partial charge on any atom is 0.407 e. The van der Waals surface area contributed by atoms with E-state index in [4.69, 9.17) is 9.47 Å². The van der Waals surface area contributed by atoms with Crippen LogP contribution in [0.5, 0.6) is 5.75 Å². The SMILES string of the molecule is CCCCCOc1ccc(S(=O)(=O)NC(=O)CNC(=O)OCCCC)cc1. The van der Waals surface area contributed by atoms with Crippen LogP contribution in [-0.2, 0) is 19.6 Å². The minimum absolute atomic E-state index is 0.0673. The third-order valence-corrected chi connectivity index (χ3v) is 4.91. The molecule has 0 saturated heterocycles. The van der Waals surface area contributed by atoms with Crippen LogP contribution in [0.25, 0.3) is 0 Å². The number of carbonyl (C=O) groups excluding carboxylic acids is 2. The van der Waals surface area contributed by atoms with Crippen LogP contribution < -0.4 is 14.8 Å². The predicted molar refractivity (Wildman–Crippen MR) is 101 cm³/mol. The Bertz CT molecular complexity index is 688. The minimum atomic E-state index is -4.02. The number of ether oxygens (including phenoxy) is 2. The number of hydrogen-bond donors (Lipinski definition) is 2. The van der Waals surface area contributed by atoms with Gasteiger partial charge in [0.05, 0.1) is 18.1 Å². The van der Waals surface area contributed by atoms with Gasteiger partial charge in [0.1, 0.15) is 12.3 Å². The quantitative estimate of drug-likeness (QED) is 0.522. The van der Waals surface area contributed by atoms with Crippen molar-refractivity contribution in [2.45, 2.75) is 50.8 Å². The summed E-state index contributed by atoms with van der Waals surface area (Å²) in [7, 11) is -4.02. The summed E-state index contributed by atoms with van der Waals surface area (Å²) in [6.45, 7) is 4.36. The highest BCUT2D eigenvalue weighted by atomic mass is 32.2. The molecule has 152 valence electrons. The smallest absolute Gasteiger partial charge is 0.407 e. The maximum atomic E-state index is 12.2. The van der Waals surface area contributed by atoms with Gasteiger partial charge >= 0.3 is 6.09 Å². The first-order valence-electron chi connectivity index (χ1n) is 9.08. The van der Waals surface area contributed by atoms with Crippen LogP contribution in [-0.4, -0.2) is 40.2 Å². The van der Waals surface area contributed by atoms with Crippen LogP contribution in [0, 0.1) is 0 Å². The van der Waals surface area contributed by atoms with Gasteiger partial charge in [-0.25, -0.2) is 17.9 Å². The standard InChI is InChI=1S/C18H28N2O6S/c1-3-5-7-13-25-15-8-10-16(11-9-15)27(23,24)20-17(21)14-19-18(22)26-12-6-4-2/h8-11H,3-7,12-14H2,1-2H3,(H,19,22)(H,20,21). The molecule has 2 amide bonds. The number of amides is 2. The minimum Gasteiger partial charge on any atom is -0.494 e. The molecule has 1 rings (SSSR count). The van der Waals surface area contributed by atoms with Crippen molar-refractivity contribution in [1.82, 2.24) is 10.0 Å². The van der Waals surface area contributed by atoms with E-state index in [1.165, 1.54) is 24.3 Å². The zero-order chi connectivity index (χ0) is 20.1. The van der Waals surface area contributed by atoms with Gasteiger partial charge in [0, 0.05) is 0 Å². The van der Waals surface area contributed by atoms with E-state index in [2.05, 4.69) is 12.2 Å². The molecular formula is C18H28N2O6S. The van der Waals surface area contributed by atoms with Crippen LogP contribution in [0.15, 0.2) is 29.2 Å². The van der Waals surface area contributed by atoms with Crippen molar-refractivity contribution in [1.29, 1.82) is 0 Å². The second kappa shape index (κ2) is 12.2. The van der Waals surface area contributed by atoms with Crippen molar-refractivity contribution in [2.24, 2.45) is 0 Å². The number of sulfonamides is 1. The molecule has 0 aliphatic heterocycles. The van der Waals surface area contributed by atoms with Gasteiger partial charge in [-0.3, -0.25) is 4.79 Å². The Balaban J connectivity index is 2.47. The number of nitrogens with one attached hydrogen (secondary N) is 2. The number of rotatable bonds is 12. The highest BCUT2D eigenvalue weighted by Gasteiger charge is 2.18. The summed E-state index contributed by atoms with van der Waals surface area (Å²) >= 11 is 0. The summed E-state index contributed by atoms with van der Waals surface area (Å²) in [5.41, 5.74) is 0. The van der Waals surface area contributed by atoms with Gasteiger partial charge in [-0.2, -0.15) is 0 Å². The monoisotopic (exact) mass is 400 g/mol. The molecule has 0 aliphatic rings. The van der Waals surface area contributed by atoms with Crippen LogP contribution in [0.3, 0.4) is 0 Å². The fraction of sp³-hybridized carbons (Fsp3) is 0.556. The van der Waals surface area contributed by atoms with Crippen molar-refractivity contribution in [3.05, 3.63) is 24.3 Å². The van der Waals surface area contributed by atoms with E-state index in [1.807, 2.05) is 11.6 Å². The fourth-order valence-electron chi connectivity index (χ4n) is 2.01. The van der Waals surface area contributed by atoms with E-state index in [9.17, 15) is 18.0 Å². The average molecular weight is 400 g/mol. The van der Waals surface area contributed by atoms with Crippen molar-refractivity contribution >= 4 is 22.0 Å². The molecule has 0 radical (unpaired) electrons. The van der Waals surface area contributed by atoms with E-state index >= 15 is 0 Å². The molecule has 0 bridgehead atoms. The summed E-state index contributed by atoms with van der Waals surface area (Å²) < 4.78 is 36.6. The van der Waals surface area contributed by atoms with E-state index in [1.54, 1.807) is 0 Å². The summed E-state index contributed by atoms with van der Waals surface area (Å²) in [4.78, 5) is 23.0. The Hall–Kier alpha value is -2.29. The number of benzene rings is 1. The lowest BCUT2D eigenvalue weighted by Gasteiger charge is -2.10. The van der Waals surface area contributed by atoms with Crippen LogP contribution in [0.4, 0.5) is 4.79 Å². The molecule has 2 N–H and O–H groups in total. The molecule has 0 atom stereocenters. The highest BCUT2D eigenvalue weighted by Crippen LogP contribution is 2.16. The predicted octanol–water partition coefficient (Wildman–Crippen LogP) is 2.59. The highest BCUT2D eigenvalue weighted by molar-refractivity contribution is 7.90. The van der Waals surface area contributed by atoms with E-state index in [0.29, 0.717) is 18.8 Å². The molecule has 1 aromatic carbocycles. The molecule has 0 aliphatic carbocycles. The van der Waals surface area contributed by atoms with Crippen molar-refractivity contribution in [3.63, 3.8) is 0 Å². The molecule has 0 heterocycles. The maximum absolute atomic E-state index is 12.2. The molecular weight excluding hydrogens is 372 g/mol. The molecule has 27 heavy (non-hydrogen) atoms. The lowest BCUT2D eigenvalue weighted by molar-refractivity contribution is -0.118. The zero-order valence-electron chi connectivity index (χ0n) is 15.8. The Morgan fingerprint density at radius 2 is 1.63 bits per heavy atom. The molecule has 0 aromatic heterocycles. The average Bonchev–Trinajstić information content (AvgIpc) is 2.64. The van der Waals surface area contributed by atoms with E-state index < -0.39 is 28.6 Å². The van der Waals surface area contributed by atoms with Crippen molar-refractivity contribution in [2.75, 3.05) is 19.8 Å². The van der Waals surface area contributed by atoms with Gasteiger partial charge in [-0.1, -0.05) is 33.1 Å². The number of hydrogen-bond acceptors (Lipinski definition) is 6. The summed E-state index contributed by atoms with van der Waals surface area (Å²) in [6.07, 6.45) is 3.91. The molecule has 8 nitrogen and oxygen atoms in total. The Morgan fingerprint density at radius 3 is 2.26 bits per heavy atom. The van der Waals surface area contributed by atoms with Gasteiger partial charge < -0.3 is 14.8 Å². The summed E-state index contributed by atoms with van der Waals surface area (Å²) in [6, 6.07) is 5.79. The molecule has 0 fully saturated rings. The van der Waals surface area contributed by atoms with Crippen LogP contribution >= 0.6 is 0 Å². The van der Waals surface area contributed by atoms with Crippen LogP contribution in [0.2, 0.25) is 0 Å². The van der Waals surface area contributed by atoms with Gasteiger partial charge in [0.25, 0.3) is 15.9 Å². The normalized spacial score (nSPS) is 10.9. The van der Waals surface area contributed by atoms with Crippen molar-refractivity contribution in [3.8, 4) is 5.75 Å². The van der Waals surface area contributed by atoms with Crippen LogP contribution in [0.1, 0.15) is 46.0 Å². The Kier molecular flexibility index (Phi) is 10.2. The Labute approximate surface area is 160 Å². The largest absolute Gasteiger partial charge is 0.494 e. The first-order chi connectivity index (χ1) is 12.9.